The van der Waals surface area contributed by atoms with Gasteiger partial charge in [-0.05, 0) is 43.0 Å². The summed E-state index contributed by atoms with van der Waals surface area (Å²) in [5.41, 5.74) is 7.38. The third-order valence-electron chi connectivity index (χ3n) is 6.08. The molecule has 0 unspecified atom stereocenters. The van der Waals surface area contributed by atoms with Gasteiger partial charge in [-0.15, -0.1) is 11.3 Å². The predicted molar refractivity (Wildman–Crippen MR) is 138 cm³/mol. The fourth-order valence-electron chi connectivity index (χ4n) is 4.29. The number of aromatic amines is 1. The zero-order valence-electron chi connectivity index (χ0n) is 19.0. The lowest BCUT2D eigenvalue weighted by molar-refractivity contribution is -0.384. The zero-order valence-corrected chi connectivity index (χ0v) is 19.8. The maximum absolute atomic E-state index is 11.4. The predicted octanol–water partition coefficient (Wildman–Crippen LogP) is 6.70. The molecule has 0 saturated heterocycles. The summed E-state index contributed by atoms with van der Waals surface area (Å²) in [5, 5.41) is 14.6. The van der Waals surface area contributed by atoms with E-state index in [0.29, 0.717) is 6.54 Å². The average Bonchev–Trinajstić information content (AvgIpc) is 3.44. The molecular formula is C27H24N4O2S. The number of fused-ring (bicyclic) bond motifs is 1. The summed E-state index contributed by atoms with van der Waals surface area (Å²) < 4.78 is 2.18. The van der Waals surface area contributed by atoms with Gasteiger partial charge in [-0.2, -0.15) is 0 Å². The third-order valence-corrected chi connectivity index (χ3v) is 6.94. The van der Waals surface area contributed by atoms with Crippen LogP contribution in [0.25, 0.3) is 22.2 Å². The standard InChI is InChI=1S/C27H24N4O2S/c1-18-7-5-8-19(2)26(18)29-27-30(14-13-21-16-28-24-12-4-3-11-23(21)24)25(17-34-27)20-9-6-10-22(15-20)31(32)33/h3-12,15-17,28H,13-14H2,1-2H3. The van der Waals surface area contributed by atoms with Gasteiger partial charge in [-0.25, -0.2) is 4.99 Å². The smallest absolute Gasteiger partial charge is 0.270 e. The molecule has 0 aliphatic rings. The summed E-state index contributed by atoms with van der Waals surface area (Å²) in [6.07, 6.45) is 2.87. The van der Waals surface area contributed by atoms with Crippen molar-refractivity contribution in [2.24, 2.45) is 4.99 Å². The van der Waals surface area contributed by atoms with Crippen molar-refractivity contribution in [1.82, 2.24) is 9.55 Å². The van der Waals surface area contributed by atoms with Crippen molar-refractivity contribution in [2.75, 3.05) is 0 Å². The highest BCUT2D eigenvalue weighted by Gasteiger charge is 2.14. The second kappa shape index (κ2) is 9.11. The molecule has 170 valence electrons. The first kappa shape index (κ1) is 21.9. The number of nitro benzene ring substituents is 1. The van der Waals surface area contributed by atoms with Crippen LogP contribution in [0.5, 0.6) is 0 Å². The normalized spacial score (nSPS) is 11.9. The number of non-ortho nitro benzene ring substituents is 1. The number of rotatable bonds is 6. The number of aryl methyl sites for hydroxylation is 3. The van der Waals surface area contributed by atoms with Gasteiger partial charge in [0.25, 0.3) is 5.69 Å². The number of hydrogen-bond acceptors (Lipinski definition) is 4. The lowest BCUT2D eigenvalue weighted by atomic mass is 10.1. The topological polar surface area (TPSA) is 76.2 Å². The maximum Gasteiger partial charge on any atom is 0.270 e. The Morgan fingerprint density at radius 3 is 2.59 bits per heavy atom. The molecule has 1 N–H and O–H groups in total. The molecule has 5 aromatic rings. The van der Waals surface area contributed by atoms with Crippen molar-refractivity contribution < 1.29 is 4.92 Å². The summed E-state index contributed by atoms with van der Waals surface area (Å²) in [6, 6.07) is 21.3. The van der Waals surface area contributed by atoms with Gasteiger partial charge in [-0.3, -0.25) is 10.1 Å². The van der Waals surface area contributed by atoms with Crippen LogP contribution in [0.2, 0.25) is 0 Å². The highest BCUT2D eigenvalue weighted by Crippen LogP contribution is 2.27. The first-order valence-electron chi connectivity index (χ1n) is 11.1. The Bertz CT molecular complexity index is 1550. The second-order valence-corrected chi connectivity index (χ2v) is 9.16. The van der Waals surface area contributed by atoms with Gasteiger partial charge >= 0.3 is 0 Å². The van der Waals surface area contributed by atoms with Gasteiger partial charge in [0, 0.05) is 46.7 Å². The zero-order chi connectivity index (χ0) is 23.7. The quantitative estimate of drug-likeness (QED) is 0.222. The molecule has 0 atom stereocenters. The van der Waals surface area contributed by atoms with Crippen molar-refractivity contribution in [3.05, 3.63) is 110 Å². The Morgan fingerprint density at radius 2 is 1.79 bits per heavy atom. The molecule has 0 aliphatic heterocycles. The number of thiazole rings is 1. The summed E-state index contributed by atoms with van der Waals surface area (Å²) in [7, 11) is 0. The molecule has 5 rings (SSSR count). The van der Waals surface area contributed by atoms with Crippen molar-refractivity contribution in [1.29, 1.82) is 0 Å². The monoisotopic (exact) mass is 468 g/mol. The van der Waals surface area contributed by atoms with Crippen LogP contribution in [-0.2, 0) is 13.0 Å². The van der Waals surface area contributed by atoms with Crippen LogP contribution in [0.15, 0.2) is 83.3 Å². The van der Waals surface area contributed by atoms with Gasteiger partial charge < -0.3 is 9.55 Å². The van der Waals surface area contributed by atoms with E-state index in [1.807, 2.05) is 29.6 Å². The van der Waals surface area contributed by atoms with Crippen molar-refractivity contribution >= 4 is 33.6 Å². The maximum atomic E-state index is 11.4. The number of benzene rings is 3. The Labute approximate surface area is 201 Å². The number of nitrogens with one attached hydrogen (secondary N) is 1. The van der Waals surface area contributed by atoms with E-state index in [2.05, 4.69) is 53.9 Å². The molecule has 3 aromatic carbocycles. The highest BCUT2D eigenvalue weighted by atomic mass is 32.1. The van der Waals surface area contributed by atoms with Gasteiger partial charge in [0.05, 0.1) is 16.3 Å². The number of para-hydroxylation sites is 2. The number of hydrogen-bond donors (Lipinski definition) is 1. The molecule has 0 amide bonds. The Morgan fingerprint density at radius 1 is 1.03 bits per heavy atom. The van der Waals surface area contributed by atoms with Crippen LogP contribution < -0.4 is 4.80 Å². The second-order valence-electron chi connectivity index (χ2n) is 8.32. The summed E-state index contributed by atoms with van der Waals surface area (Å²) in [6.45, 7) is 4.83. The van der Waals surface area contributed by atoms with Crippen molar-refractivity contribution in [2.45, 2.75) is 26.8 Å². The molecule has 0 aliphatic carbocycles. The minimum absolute atomic E-state index is 0.0834. The number of nitrogens with zero attached hydrogens (tertiary/aromatic N) is 3. The molecule has 6 nitrogen and oxygen atoms in total. The first-order valence-corrected chi connectivity index (χ1v) is 12.0. The van der Waals surface area contributed by atoms with Crippen LogP contribution in [0.3, 0.4) is 0 Å². The minimum Gasteiger partial charge on any atom is -0.361 e. The van der Waals surface area contributed by atoms with E-state index < -0.39 is 0 Å². The van der Waals surface area contributed by atoms with E-state index >= 15 is 0 Å². The molecular weight excluding hydrogens is 444 g/mol. The van der Waals surface area contributed by atoms with Gasteiger partial charge in [0.1, 0.15) is 0 Å². The molecule has 0 radical (unpaired) electrons. The first-order chi connectivity index (χ1) is 16.5. The number of aromatic nitrogens is 2. The Balaban J connectivity index is 1.62. The highest BCUT2D eigenvalue weighted by molar-refractivity contribution is 7.07. The van der Waals surface area contributed by atoms with Gasteiger partial charge in [0.2, 0.25) is 0 Å². The van der Waals surface area contributed by atoms with Crippen LogP contribution in [0.4, 0.5) is 11.4 Å². The van der Waals surface area contributed by atoms with Gasteiger partial charge in [0.15, 0.2) is 4.80 Å². The summed E-state index contributed by atoms with van der Waals surface area (Å²) >= 11 is 1.56. The van der Waals surface area contributed by atoms with E-state index in [0.717, 1.165) is 44.8 Å². The van der Waals surface area contributed by atoms with Crippen LogP contribution in [-0.4, -0.2) is 14.5 Å². The fourth-order valence-corrected chi connectivity index (χ4v) is 5.23. The van der Waals surface area contributed by atoms with Crippen LogP contribution in [0.1, 0.15) is 16.7 Å². The van der Waals surface area contributed by atoms with Crippen LogP contribution >= 0.6 is 11.3 Å². The van der Waals surface area contributed by atoms with E-state index in [1.54, 1.807) is 23.5 Å². The lowest BCUT2D eigenvalue weighted by Gasteiger charge is -2.10. The molecule has 0 fully saturated rings. The SMILES string of the molecule is Cc1cccc(C)c1N=c1scc(-c2cccc([N+](=O)[O-])c2)n1CCc1c[nH]c2ccccc12. The van der Waals surface area contributed by atoms with Crippen molar-refractivity contribution in [3.63, 3.8) is 0 Å². The largest absolute Gasteiger partial charge is 0.361 e. The minimum atomic E-state index is -0.353. The molecule has 2 heterocycles. The van der Waals surface area contributed by atoms with Gasteiger partial charge in [-0.1, -0.05) is 48.5 Å². The van der Waals surface area contributed by atoms with E-state index in [9.17, 15) is 10.1 Å². The molecule has 0 saturated carbocycles. The average molecular weight is 469 g/mol. The molecule has 0 spiro atoms. The van der Waals surface area contributed by atoms with E-state index in [1.165, 1.54) is 17.0 Å². The van der Waals surface area contributed by atoms with E-state index in [-0.39, 0.29) is 10.6 Å². The fraction of sp³-hybridized carbons (Fsp3) is 0.148. The van der Waals surface area contributed by atoms with Crippen LogP contribution in [0, 0.1) is 24.0 Å². The molecule has 2 aromatic heterocycles. The number of H-pyrrole nitrogens is 1. The Hall–Kier alpha value is -3.97. The summed E-state index contributed by atoms with van der Waals surface area (Å²) in [5.74, 6) is 0. The molecule has 34 heavy (non-hydrogen) atoms. The molecule has 7 heteroatoms. The van der Waals surface area contributed by atoms with E-state index in [4.69, 9.17) is 4.99 Å². The third kappa shape index (κ3) is 4.18. The summed E-state index contributed by atoms with van der Waals surface area (Å²) in [4.78, 5) is 20.3. The molecule has 0 bridgehead atoms. The lowest BCUT2D eigenvalue weighted by Crippen LogP contribution is -2.17. The number of nitro groups is 1. The Kier molecular flexibility index (Phi) is 5.86. The van der Waals surface area contributed by atoms with Crippen molar-refractivity contribution in [3.8, 4) is 11.3 Å².